The third-order valence-electron chi connectivity index (χ3n) is 3.94. The normalized spacial score (nSPS) is 13.3. The highest BCUT2D eigenvalue weighted by Crippen LogP contribution is 2.36. The number of hydrogen-bond acceptors (Lipinski definition) is 8. The highest BCUT2D eigenvalue weighted by Gasteiger charge is 2.17. The third kappa shape index (κ3) is 3.55. The van der Waals surface area contributed by atoms with Crippen LogP contribution in [0.2, 0.25) is 0 Å². The van der Waals surface area contributed by atoms with Crippen molar-refractivity contribution in [2.75, 3.05) is 0 Å². The predicted molar refractivity (Wildman–Crippen MR) is 90.2 cm³/mol. The van der Waals surface area contributed by atoms with Crippen molar-refractivity contribution >= 4 is 33.7 Å². The van der Waals surface area contributed by atoms with Crippen molar-refractivity contribution in [2.24, 2.45) is 0 Å². The lowest BCUT2D eigenvalue weighted by molar-refractivity contribution is -0.313. The maximum Gasteiger partial charge on any atom is 0.344 e. The molecule has 140 valence electrons. The molecule has 0 saturated heterocycles. The van der Waals surface area contributed by atoms with Gasteiger partial charge in [-0.3, -0.25) is 0 Å². The van der Waals surface area contributed by atoms with Crippen LogP contribution in [0.4, 0.5) is 0 Å². The van der Waals surface area contributed by atoms with Crippen molar-refractivity contribution in [3.8, 4) is 11.5 Å². The number of carbonyl (C=O) groups excluding carboxylic acids is 2. The lowest BCUT2D eigenvalue weighted by Gasteiger charge is -2.20. The topological polar surface area (TPSA) is 129 Å². The fourth-order valence-electron chi connectivity index (χ4n) is 2.60. The second kappa shape index (κ2) is 6.99. The molecule has 8 nitrogen and oxygen atoms in total. The van der Waals surface area contributed by atoms with E-state index in [-0.39, 0.29) is 22.5 Å². The van der Waals surface area contributed by atoms with Gasteiger partial charge in [0.15, 0.2) is 0 Å². The van der Waals surface area contributed by atoms with E-state index < -0.39 is 29.8 Å². The van der Waals surface area contributed by atoms with Gasteiger partial charge in [0.1, 0.15) is 29.3 Å². The number of carboxylic acid groups (broad SMARTS) is 2. The molecule has 0 unspecified atom stereocenters. The molecule has 2 atom stereocenters. The van der Waals surface area contributed by atoms with E-state index in [9.17, 15) is 24.6 Å². The zero-order valence-corrected chi connectivity index (χ0v) is 14.4. The van der Waals surface area contributed by atoms with Crippen LogP contribution in [0.15, 0.2) is 45.6 Å². The van der Waals surface area contributed by atoms with Crippen molar-refractivity contribution in [1.29, 1.82) is 0 Å². The van der Waals surface area contributed by atoms with Crippen LogP contribution in [-0.2, 0) is 9.59 Å². The number of carbonyl (C=O) groups is 2. The van der Waals surface area contributed by atoms with Gasteiger partial charge in [-0.15, -0.1) is 0 Å². The van der Waals surface area contributed by atoms with Crippen LogP contribution in [0.5, 0.6) is 11.5 Å². The first-order valence-corrected chi connectivity index (χ1v) is 8.02. The molecule has 1 aromatic heterocycles. The van der Waals surface area contributed by atoms with Crippen LogP contribution in [0.25, 0.3) is 21.7 Å². The molecule has 0 bridgehead atoms. The van der Waals surface area contributed by atoms with E-state index in [4.69, 9.17) is 13.9 Å². The first kappa shape index (κ1) is 18.2. The molecule has 0 amide bonds. The van der Waals surface area contributed by atoms with Crippen molar-refractivity contribution < 1.29 is 33.7 Å². The van der Waals surface area contributed by atoms with E-state index in [2.05, 4.69) is 0 Å². The van der Waals surface area contributed by atoms with Crippen LogP contribution < -0.4 is 25.3 Å². The summed E-state index contributed by atoms with van der Waals surface area (Å²) in [5.74, 6) is -2.83. The molecule has 8 heteroatoms. The fourth-order valence-corrected chi connectivity index (χ4v) is 2.60. The van der Waals surface area contributed by atoms with Gasteiger partial charge in [-0.25, -0.2) is 4.79 Å². The molecule has 0 spiro atoms. The van der Waals surface area contributed by atoms with Crippen LogP contribution in [0, 0.1) is 0 Å². The highest BCUT2D eigenvalue weighted by atomic mass is 16.5. The van der Waals surface area contributed by atoms with Gasteiger partial charge in [0.2, 0.25) is 0 Å². The Kier molecular flexibility index (Phi) is 4.72. The number of rotatable bonds is 6. The predicted octanol–water partition coefficient (Wildman–Crippen LogP) is -0.0194. The van der Waals surface area contributed by atoms with Crippen molar-refractivity contribution in [3.05, 3.63) is 46.8 Å². The van der Waals surface area contributed by atoms with Crippen LogP contribution >= 0.6 is 0 Å². The Balaban J connectivity index is 2.28. The standard InChI is InChI=1S/C19H16O8/c1-9(17(20)21)25-11-7-14(26-10(2)18(22)23)16-12-5-3-4-6-13(12)19(24)27-15(16)8-11/h3-10H,1-2H3,(H,20,21)(H,22,23)/p-2/t9-,10+/m1/s1. The molecular formula is C19H14O8-2. The smallest absolute Gasteiger partial charge is 0.344 e. The van der Waals surface area contributed by atoms with E-state index in [0.717, 1.165) is 0 Å². The number of benzene rings is 2. The van der Waals surface area contributed by atoms with Gasteiger partial charge in [-0.05, 0) is 19.9 Å². The molecule has 2 aromatic carbocycles. The van der Waals surface area contributed by atoms with Gasteiger partial charge in [-0.1, -0.05) is 18.2 Å². The quantitative estimate of drug-likeness (QED) is 0.437. The number of aliphatic carboxylic acids is 2. The van der Waals surface area contributed by atoms with Crippen LogP contribution in [0.3, 0.4) is 0 Å². The van der Waals surface area contributed by atoms with Gasteiger partial charge in [-0.2, -0.15) is 0 Å². The number of hydrogen-bond donors (Lipinski definition) is 0. The first-order valence-electron chi connectivity index (χ1n) is 8.02. The van der Waals surface area contributed by atoms with E-state index in [1.807, 2.05) is 0 Å². The Morgan fingerprint density at radius 2 is 1.56 bits per heavy atom. The molecule has 0 radical (unpaired) electrons. The summed E-state index contributed by atoms with van der Waals surface area (Å²) in [7, 11) is 0. The molecule has 3 aromatic rings. The summed E-state index contributed by atoms with van der Waals surface area (Å²) in [6.45, 7) is 2.54. The summed E-state index contributed by atoms with van der Waals surface area (Å²) in [5, 5.41) is 23.1. The summed E-state index contributed by atoms with van der Waals surface area (Å²) >= 11 is 0. The fraction of sp³-hybridized carbons (Fsp3) is 0.211. The van der Waals surface area contributed by atoms with Crippen molar-refractivity contribution in [3.63, 3.8) is 0 Å². The molecule has 0 aliphatic rings. The minimum Gasteiger partial charge on any atom is -0.546 e. The molecule has 0 saturated carbocycles. The van der Waals surface area contributed by atoms with E-state index in [1.165, 1.54) is 26.0 Å². The van der Waals surface area contributed by atoms with Gasteiger partial charge in [0.25, 0.3) is 0 Å². The summed E-state index contributed by atoms with van der Waals surface area (Å²) in [6.07, 6.45) is -2.60. The maximum atomic E-state index is 12.2. The minimum absolute atomic E-state index is 0.0122. The average Bonchev–Trinajstić information content (AvgIpc) is 2.61. The summed E-state index contributed by atoms with van der Waals surface area (Å²) < 4.78 is 16.0. The minimum atomic E-state index is -1.45. The Hall–Kier alpha value is -3.55. The molecule has 0 fully saturated rings. The molecule has 1 heterocycles. The lowest BCUT2D eigenvalue weighted by atomic mass is 10.1. The molecule has 0 aliphatic carbocycles. The Morgan fingerprint density at radius 3 is 2.19 bits per heavy atom. The van der Waals surface area contributed by atoms with Crippen LogP contribution in [0.1, 0.15) is 13.8 Å². The van der Waals surface area contributed by atoms with E-state index in [1.54, 1.807) is 24.3 Å². The van der Waals surface area contributed by atoms with Gasteiger partial charge in [0.05, 0.1) is 22.7 Å². The van der Waals surface area contributed by atoms with Gasteiger partial charge >= 0.3 is 5.63 Å². The molecule has 3 rings (SSSR count). The number of ether oxygens (including phenoxy) is 2. The number of fused-ring (bicyclic) bond motifs is 3. The molecule has 0 aliphatic heterocycles. The zero-order valence-electron chi connectivity index (χ0n) is 14.4. The highest BCUT2D eigenvalue weighted by molar-refractivity contribution is 6.08. The van der Waals surface area contributed by atoms with E-state index >= 15 is 0 Å². The molecular weight excluding hydrogens is 356 g/mol. The number of carboxylic acids is 2. The average molecular weight is 370 g/mol. The largest absolute Gasteiger partial charge is 0.546 e. The van der Waals surface area contributed by atoms with Crippen LogP contribution in [-0.4, -0.2) is 24.1 Å². The summed E-state index contributed by atoms with van der Waals surface area (Å²) in [4.78, 5) is 34.2. The Labute approximate surface area is 152 Å². The SMILES string of the molecule is C[C@H](Oc1cc(O[C@H](C)C(=O)[O-])cc2oc(=O)c3ccccc3c12)C(=O)[O-]. The Morgan fingerprint density at radius 1 is 0.963 bits per heavy atom. The zero-order chi connectivity index (χ0) is 19.7. The third-order valence-corrected chi connectivity index (χ3v) is 3.94. The Bertz CT molecular complexity index is 1100. The second-order valence-corrected chi connectivity index (χ2v) is 5.89. The monoisotopic (exact) mass is 370 g/mol. The van der Waals surface area contributed by atoms with Gasteiger partial charge in [0, 0.05) is 17.5 Å². The first-order chi connectivity index (χ1) is 12.8. The summed E-state index contributed by atoms with van der Waals surface area (Å²) in [6, 6.07) is 9.25. The van der Waals surface area contributed by atoms with Crippen molar-refractivity contribution in [2.45, 2.75) is 26.1 Å². The lowest BCUT2D eigenvalue weighted by Crippen LogP contribution is -2.37. The molecule has 0 N–H and O–H groups in total. The van der Waals surface area contributed by atoms with Crippen molar-refractivity contribution in [1.82, 2.24) is 0 Å². The summed E-state index contributed by atoms with van der Waals surface area (Å²) in [5.41, 5.74) is -0.551. The second-order valence-electron chi connectivity index (χ2n) is 5.89. The maximum absolute atomic E-state index is 12.2. The molecule has 27 heavy (non-hydrogen) atoms. The van der Waals surface area contributed by atoms with E-state index in [0.29, 0.717) is 10.8 Å². The van der Waals surface area contributed by atoms with Gasteiger partial charge < -0.3 is 33.7 Å².